The normalized spacial score (nSPS) is 14.9. The Balaban J connectivity index is 1.52. The number of carbonyl (C=O) groups excluding carboxylic acids is 3. The topological polar surface area (TPSA) is 106 Å². The summed E-state index contributed by atoms with van der Waals surface area (Å²) in [5.41, 5.74) is 2.21. The third kappa shape index (κ3) is 3.54. The van der Waals surface area contributed by atoms with Crippen LogP contribution in [0.2, 0.25) is 0 Å². The molecule has 2 heterocycles. The summed E-state index contributed by atoms with van der Waals surface area (Å²) in [5.74, 6) is -0.744. The molecule has 1 aliphatic rings. The standard InChI is InChI=1S/C19H17N5O4/c25-17(11-24-16-9-5-4-8-14(16)21-22-24)20-15(13-6-2-1-3-7-13)10-23-18(26)12-28-19(23)27/h1-9,15H,10-12H2,(H,20,25). The van der Waals surface area contributed by atoms with Crippen LogP contribution in [0, 0.1) is 0 Å². The monoisotopic (exact) mass is 379 g/mol. The Morgan fingerprint density at radius 3 is 2.61 bits per heavy atom. The van der Waals surface area contributed by atoms with Gasteiger partial charge in [-0.05, 0) is 17.7 Å². The van der Waals surface area contributed by atoms with Crippen molar-refractivity contribution >= 4 is 28.9 Å². The van der Waals surface area contributed by atoms with Gasteiger partial charge < -0.3 is 10.1 Å². The van der Waals surface area contributed by atoms with E-state index in [4.69, 9.17) is 4.74 Å². The number of imide groups is 1. The minimum absolute atomic E-state index is 0.00841. The number of para-hydroxylation sites is 1. The van der Waals surface area contributed by atoms with Crippen molar-refractivity contribution in [2.24, 2.45) is 0 Å². The molecule has 1 N–H and O–H groups in total. The van der Waals surface area contributed by atoms with Crippen LogP contribution in [-0.2, 0) is 20.9 Å². The number of aromatic nitrogens is 3. The summed E-state index contributed by atoms with van der Waals surface area (Å²) >= 11 is 0. The summed E-state index contributed by atoms with van der Waals surface area (Å²) in [4.78, 5) is 37.3. The number of benzene rings is 2. The van der Waals surface area contributed by atoms with E-state index >= 15 is 0 Å². The fraction of sp³-hybridized carbons (Fsp3) is 0.211. The van der Waals surface area contributed by atoms with Gasteiger partial charge in [-0.1, -0.05) is 47.7 Å². The van der Waals surface area contributed by atoms with E-state index in [1.54, 1.807) is 0 Å². The van der Waals surface area contributed by atoms with Crippen molar-refractivity contribution in [2.45, 2.75) is 12.6 Å². The summed E-state index contributed by atoms with van der Waals surface area (Å²) < 4.78 is 6.26. The fourth-order valence-electron chi connectivity index (χ4n) is 3.07. The number of nitrogens with one attached hydrogen (secondary N) is 1. The Morgan fingerprint density at radius 2 is 1.86 bits per heavy atom. The number of hydrogen-bond donors (Lipinski definition) is 1. The number of amides is 3. The van der Waals surface area contributed by atoms with Crippen LogP contribution in [-0.4, -0.2) is 51.0 Å². The molecular formula is C19H17N5O4. The van der Waals surface area contributed by atoms with Gasteiger partial charge in [0.2, 0.25) is 5.91 Å². The highest BCUT2D eigenvalue weighted by Crippen LogP contribution is 2.18. The SMILES string of the molecule is O=C(Cn1nnc2ccccc21)NC(CN1C(=O)COC1=O)c1ccccc1. The van der Waals surface area contributed by atoms with Crippen LogP contribution in [0.4, 0.5) is 4.79 Å². The lowest BCUT2D eigenvalue weighted by molar-refractivity contribution is -0.127. The molecule has 9 heteroatoms. The van der Waals surface area contributed by atoms with Gasteiger partial charge in [0.15, 0.2) is 6.61 Å². The van der Waals surface area contributed by atoms with Crippen LogP contribution in [0.15, 0.2) is 54.6 Å². The van der Waals surface area contributed by atoms with Crippen LogP contribution >= 0.6 is 0 Å². The largest absolute Gasteiger partial charge is 0.439 e. The molecule has 9 nitrogen and oxygen atoms in total. The van der Waals surface area contributed by atoms with Crippen molar-refractivity contribution < 1.29 is 19.1 Å². The predicted octanol–water partition coefficient (Wildman–Crippen LogP) is 1.27. The highest BCUT2D eigenvalue weighted by molar-refractivity contribution is 5.97. The molecular weight excluding hydrogens is 362 g/mol. The molecule has 1 fully saturated rings. The maximum absolute atomic E-state index is 12.7. The molecule has 3 amide bonds. The number of ether oxygens (including phenoxy) is 1. The van der Waals surface area contributed by atoms with Gasteiger partial charge in [-0.3, -0.25) is 9.59 Å². The molecule has 0 spiro atoms. The summed E-state index contributed by atoms with van der Waals surface area (Å²) in [6.07, 6.45) is -0.706. The third-order valence-electron chi connectivity index (χ3n) is 4.46. The second-order valence-corrected chi connectivity index (χ2v) is 6.33. The molecule has 1 saturated heterocycles. The predicted molar refractivity (Wildman–Crippen MR) is 97.9 cm³/mol. The molecule has 3 aromatic rings. The molecule has 1 unspecified atom stereocenters. The molecule has 0 bridgehead atoms. The van der Waals surface area contributed by atoms with E-state index < -0.39 is 18.0 Å². The lowest BCUT2D eigenvalue weighted by Gasteiger charge is -2.22. The molecule has 142 valence electrons. The lowest BCUT2D eigenvalue weighted by Crippen LogP contribution is -2.41. The second kappa shape index (κ2) is 7.47. The van der Waals surface area contributed by atoms with Gasteiger partial charge >= 0.3 is 6.09 Å². The summed E-state index contributed by atoms with van der Waals surface area (Å²) in [6.45, 7) is -0.326. The van der Waals surface area contributed by atoms with Crippen LogP contribution in [0.3, 0.4) is 0 Å². The van der Waals surface area contributed by atoms with Crippen LogP contribution in [0.1, 0.15) is 11.6 Å². The Kier molecular flexibility index (Phi) is 4.71. The van der Waals surface area contributed by atoms with E-state index in [0.717, 1.165) is 16.0 Å². The fourth-order valence-corrected chi connectivity index (χ4v) is 3.07. The van der Waals surface area contributed by atoms with Crippen LogP contribution in [0.5, 0.6) is 0 Å². The lowest BCUT2D eigenvalue weighted by atomic mass is 10.1. The zero-order valence-corrected chi connectivity index (χ0v) is 14.8. The highest BCUT2D eigenvalue weighted by atomic mass is 16.6. The third-order valence-corrected chi connectivity index (χ3v) is 4.46. The smallest absolute Gasteiger partial charge is 0.417 e. The number of cyclic esters (lactones) is 1. The maximum Gasteiger partial charge on any atom is 0.417 e. The second-order valence-electron chi connectivity index (χ2n) is 6.33. The molecule has 28 heavy (non-hydrogen) atoms. The minimum Gasteiger partial charge on any atom is -0.439 e. The Bertz CT molecular complexity index is 1020. The van der Waals surface area contributed by atoms with Gasteiger partial charge in [0.25, 0.3) is 5.91 Å². The van der Waals surface area contributed by atoms with E-state index in [9.17, 15) is 14.4 Å². The van der Waals surface area contributed by atoms with Crippen molar-refractivity contribution in [1.82, 2.24) is 25.2 Å². The quantitative estimate of drug-likeness (QED) is 0.691. The first-order valence-electron chi connectivity index (χ1n) is 8.71. The first-order chi connectivity index (χ1) is 13.6. The summed E-state index contributed by atoms with van der Waals surface area (Å²) in [6, 6.07) is 15.9. The van der Waals surface area contributed by atoms with Gasteiger partial charge in [-0.15, -0.1) is 5.10 Å². The zero-order valence-electron chi connectivity index (χ0n) is 14.8. The van der Waals surface area contributed by atoms with E-state index in [2.05, 4.69) is 15.6 Å². The number of hydrogen-bond acceptors (Lipinski definition) is 6. The zero-order chi connectivity index (χ0) is 19.5. The van der Waals surface area contributed by atoms with Crippen molar-refractivity contribution in [3.8, 4) is 0 Å². The average molecular weight is 379 g/mol. The van der Waals surface area contributed by atoms with Crippen LogP contribution in [0.25, 0.3) is 11.0 Å². The van der Waals surface area contributed by atoms with Crippen molar-refractivity contribution in [3.05, 3.63) is 60.2 Å². The van der Waals surface area contributed by atoms with E-state index in [1.807, 2.05) is 54.6 Å². The van der Waals surface area contributed by atoms with Gasteiger partial charge in [0.05, 0.1) is 18.1 Å². The van der Waals surface area contributed by atoms with E-state index in [1.165, 1.54) is 4.68 Å². The Morgan fingerprint density at radius 1 is 1.11 bits per heavy atom. The molecule has 4 rings (SSSR count). The van der Waals surface area contributed by atoms with Gasteiger partial charge in [0.1, 0.15) is 12.1 Å². The highest BCUT2D eigenvalue weighted by Gasteiger charge is 2.33. The van der Waals surface area contributed by atoms with E-state index in [-0.39, 0.29) is 25.6 Å². The molecule has 1 atom stereocenters. The minimum atomic E-state index is -0.706. The molecule has 0 saturated carbocycles. The molecule has 1 aromatic heterocycles. The Hall–Kier alpha value is -3.75. The van der Waals surface area contributed by atoms with Crippen molar-refractivity contribution in [1.29, 1.82) is 0 Å². The molecule has 0 aliphatic carbocycles. The van der Waals surface area contributed by atoms with Crippen molar-refractivity contribution in [2.75, 3.05) is 13.2 Å². The van der Waals surface area contributed by atoms with Gasteiger partial charge in [-0.25, -0.2) is 14.4 Å². The number of carbonyl (C=O) groups is 3. The number of fused-ring (bicyclic) bond motifs is 1. The number of nitrogens with zero attached hydrogens (tertiary/aromatic N) is 4. The summed E-state index contributed by atoms with van der Waals surface area (Å²) in [5, 5.41) is 10.9. The molecule has 0 radical (unpaired) electrons. The van der Waals surface area contributed by atoms with Crippen molar-refractivity contribution in [3.63, 3.8) is 0 Å². The Labute approximate surface area is 159 Å². The molecule has 1 aliphatic heterocycles. The van der Waals surface area contributed by atoms with Crippen LogP contribution < -0.4 is 5.32 Å². The van der Waals surface area contributed by atoms with Gasteiger partial charge in [-0.2, -0.15) is 0 Å². The average Bonchev–Trinajstić information content (AvgIpc) is 3.26. The van der Waals surface area contributed by atoms with Gasteiger partial charge in [0, 0.05) is 0 Å². The van der Waals surface area contributed by atoms with E-state index in [0.29, 0.717) is 5.52 Å². The first-order valence-corrected chi connectivity index (χ1v) is 8.71. The number of rotatable bonds is 6. The molecule has 2 aromatic carbocycles. The maximum atomic E-state index is 12.7. The summed E-state index contributed by atoms with van der Waals surface area (Å²) in [7, 11) is 0. The first kappa shape index (κ1) is 17.7.